The van der Waals surface area contributed by atoms with Crippen molar-refractivity contribution in [3.63, 3.8) is 0 Å². The van der Waals surface area contributed by atoms with E-state index in [0.717, 1.165) is 16.8 Å². The van der Waals surface area contributed by atoms with Gasteiger partial charge in [0.05, 0.1) is 11.3 Å². The number of hydrogen-bond donors (Lipinski definition) is 1. The number of amides is 2. The Labute approximate surface area is 198 Å². The summed E-state index contributed by atoms with van der Waals surface area (Å²) < 4.78 is 5.83. The summed E-state index contributed by atoms with van der Waals surface area (Å²) in [6.45, 7) is 4.34. The van der Waals surface area contributed by atoms with E-state index in [1.165, 1.54) is 6.92 Å². The van der Waals surface area contributed by atoms with Crippen molar-refractivity contribution in [2.45, 2.75) is 45.7 Å². The molecule has 4 heterocycles. The number of hydrogen-bond acceptors (Lipinski definition) is 7. The molecule has 2 amide bonds. The lowest BCUT2D eigenvalue weighted by molar-refractivity contribution is -0.140. The lowest BCUT2D eigenvalue weighted by Crippen LogP contribution is -2.47. The van der Waals surface area contributed by atoms with Crippen LogP contribution in [0.25, 0.3) is 5.70 Å². The summed E-state index contributed by atoms with van der Waals surface area (Å²) in [4.78, 5) is 48.9. The second-order valence-corrected chi connectivity index (χ2v) is 8.79. The van der Waals surface area contributed by atoms with Crippen LogP contribution in [0.1, 0.15) is 42.1 Å². The number of fused-ring (bicyclic) bond motifs is 1. The van der Waals surface area contributed by atoms with Crippen LogP contribution < -0.4 is 10.5 Å². The fraction of sp³-hybridized carbons (Fsp3) is 0.400. The highest BCUT2D eigenvalue weighted by Gasteiger charge is 2.36. The summed E-state index contributed by atoms with van der Waals surface area (Å²) in [7, 11) is 1.69. The number of aryl methyl sites for hydroxylation is 1. The molecule has 9 heteroatoms. The fourth-order valence-electron chi connectivity index (χ4n) is 4.31. The van der Waals surface area contributed by atoms with E-state index in [4.69, 9.17) is 10.5 Å². The van der Waals surface area contributed by atoms with E-state index in [2.05, 4.69) is 9.97 Å². The maximum absolute atomic E-state index is 12.9. The number of carbonyl (C=O) groups is 3. The zero-order valence-electron chi connectivity index (χ0n) is 19.7. The molecule has 178 valence electrons. The molecule has 2 aromatic heterocycles. The molecule has 4 rings (SSSR count). The Hall–Kier alpha value is -3.75. The largest absolute Gasteiger partial charge is 0.473 e. The summed E-state index contributed by atoms with van der Waals surface area (Å²) in [6, 6.07) is 5.13. The first kappa shape index (κ1) is 23.4. The molecule has 2 aromatic rings. The number of Topliss-reactive ketones (excluding diaryl/α,β-unsaturated/α-hetero) is 1. The standard InChI is InChI=1S/C25H29N5O4/c1-15-4-5-18(11-27-15)24(26)20(16(2)31)14-34-22-10-17-8-9-30(13-19(17)12-28-22)25(33)21-6-7-23(32)29(21)3/h4-5,10-12,21H,6-9,13-14,26H2,1-3H3/b24-20-. The van der Waals surface area contributed by atoms with Gasteiger partial charge >= 0.3 is 0 Å². The van der Waals surface area contributed by atoms with Crippen molar-refractivity contribution in [3.8, 4) is 5.88 Å². The van der Waals surface area contributed by atoms with E-state index < -0.39 is 0 Å². The molecular weight excluding hydrogens is 434 g/mol. The molecule has 0 aliphatic carbocycles. The molecule has 0 aromatic carbocycles. The number of ether oxygens (including phenoxy) is 1. The van der Waals surface area contributed by atoms with Gasteiger partial charge in [-0.2, -0.15) is 0 Å². The number of nitrogens with two attached hydrogens (primary N) is 1. The zero-order valence-corrected chi connectivity index (χ0v) is 19.7. The molecule has 0 bridgehead atoms. The number of likely N-dealkylation sites (N-methyl/N-ethyl adjacent to an activating group) is 1. The zero-order chi connectivity index (χ0) is 24.4. The van der Waals surface area contributed by atoms with Crippen molar-refractivity contribution < 1.29 is 19.1 Å². The number of likely N-dealkylation sites (tertiary alicyclic amines) is 1. The Morgan fingerprint density at radius 3 is 2.62 bits per heavy atom. The predicted molar refractivity (Wildman–Crippen MR) is 125 cm³/mol. The smallest absolute Gasteiger partial charge is 0.245 e. The van der Waals surface area contributed by atoms with E-state index >= 15 is 0 Å². The lowest BCUT2D eigenvalue weighted by atomic mass is 10.0. The van der Waals surface area contributed by atoms with E-state index in [9.17, 15) is 14.4 Å². The van der Waals surface area contributed by atoms with Gasteiger partial charge in [-0.05, 0) is 49.9 Å². The highest BCUT2D eigenvalue weighted by Crippen LogP contribution is 2.26. The Balaban J connectivity index is 1.44. The summed E-state index contributed by atoms with van der Waals surface area (Å²) in [6.07, 6.45) is 4.99. The molecule has 1 unspecified atom stereocenters. The first-order valence-corrected chi connectivity index (χ1v) is 11.3. The van der Waals surface area contributed by atoms with Crippen LogP contribution in [0.5, 0.6) is 5.88 Å². The van der Waals surface area contributed by atoms with Gasteiger partial charge in [-0.15, -0.1) is 0 Å². The molecule has 0 radical (unpaired) electrons. The molecule has 2 aliphatic rings. The second kappa shape index (κ2) is 9.62. The van der Waals surface area contributed by atoms with Crippen molar-refractivity contribution >= 4 is 23.3 Å². The predicted octanol–water partition coefficient (Wildman–Crippen LogP) is 1.63. The van der Waals surface area contributed by atoms with Gasteiger partial charge in [0.15, 0.2) is 5.78 Å². The third kappa shape index (κ3) is 4.78. The number of carbonyl (C=O) groups excluding carboxylic acids is 3. The number of rotatable bonds is 6. The summed E-state index contributed by atoms with van der Waals surface area (Å²) >= 11 is 0. The average molecular weight is 464 g/mol. The van der Waals surface area contributed by atoms with Crippen molar-refractivity contribution in [1.29, 1.82) is 0 Å². The molecule has 0 saturated carbocycles. The molecule has 1 fully saturated rings. The highest BCUT2D eigenvalue weighted by molar-refractivity contribution is 6.00. The monoisotopic (exact) mass is 463 g/mol. The van der Waals surface area contributed by atoms with Crippen LogP contribution in [0, 0.1) is 6.92 Å². The number of pyridine rings is 2. The summed E-state index contributed by atoms with van der Waals surface area (Å²) in [5, 5.41) is 0. The van der Waals surface area contributed by atoms with E-state index in [1.54, 1.807) is 29.2 Å². The van der Waals surface area contributed by atoms with E-state index in [-0.39, 0.29) is 30.2 Å². The molecule has 0 spiro atoms. The SMILES string of the molecule is CC(=O)/C(COc1cc2c(cn1)CN(C(=O)C1CCC(=O)N1C)CC2)=C(\N)c1ccc(C)nc1. The number of aromatic nitrogens is 2. The topological polar surface area (TPSA) is 119 Å². The Morgan fingerprint density at radius 2 is 1.97 bits per heavy atom. The minimum Gasteiger partial charge on any atom is -0.473 e. The van der Waals surface area contributed by atoms with Gasteiger partial charge in [-0.25, -0.2) is 4.98 Å². The second-order valence-electron chi connectivity index (χ2n) is 8.79. The third-order valence-electron chi connectivity index (χ3n) is 6.50. The van der Waals surface area contributed by atoms with Crippen LogP contribution in [-0.2, 0) is 27.3 Å². The van der Waals surface area contributed by atoms with Crippen LogP contribution in [0.15, 0.2) is 36.2 Å². The summed E-state index contributed by atoms with van der Waals surface area (Å²) in [5.74, 6) is 0.211. The first-order valence-electron chi connectivity index (χ1n) is 11.3. The van der Waals surface area contributed by atoms with Crippen molar-refractivity contribution in [2.75, 3.05) is 20.2 Å². The normalized spacial score (nSPS) is 18.4. The Morgan fingerprint density at radius 1 is 1.18 bits per heavy atom. The maximum atomic E-state index is 12.9. The van der Waals surface area contributed by atoms with E-state index in [0.29, 0.717) is 55.1 Å². The molecule has 9 nitrogen and oxygen atoms in total. The van der Waals surface area contributed by atoms with Gasteiger partial charge in [-0.1, -0.05) is 0 Å². The third-order valence-corrected chi connectivity index (χ3v) is 6.50. The van der Waals surface area contributed by atoms with Crippen LogP contribution >= 0.6 is 0 Å². The molecular formula is C25H29N5O4. The van der Waals surface area contributed by atoms with Gasteiger partial charge in [0.1, 0.15) is 12.6 Å². The molecule has 2 N–H and O–H groups in total. The van der Waals surface area contributed by atoms with Crippen LogP contribution in [-0.4, -0.2) is 63.6 Å². The molecule has 34 heavy (non-hydrogen) atoms. The van der Waals surface area contributed by atoms with Crippen LogP contribution in [0.4, 0.5) is 0 Å². The first-order chi connectivity index (χ1) is 16.2. The van der Waals surface area contributed by atoms with Crippen LogP contribution in [0.2, 0.25) is 0 Å². The number of nitrogens with zero attached hydrogens (tertiary/aromatic N) is 4. The summed E-state index contributed by atoms with van der Waals surface area (Å²) in [5.41, 5.74) is 10.5. The minimum atomic E-state index is -0.379. The fourth-order valence-corrected chi connectivity index (χ4v) is 4.31. The molecule has 2 aliphatic heterocycles. The highest BCUT2D eigenvalue weighted by atomic mass is 16.5. The average Bonchev–Trinajstić information content (AvgIpc) is 3.16. The Kier molecular flexibility index (Phi) is 6.63. The van der Waals surface area contributed by atoms with Crippen molar-refractivity contribution in [3.05, 3.63) is 58.6 Å². The van der Waals surface area contributed by atoms with Crippen molar-refractivity contribution in [1.82, 2.24) is 19.8 Å². The van der Waals surface area contributed by atoms with Crippen LogP contribution in [0.3, 0.4) is 0 Å². The minimum absolute atomic E-state index is 0.00646. The van der Waals surface area contributed by atoms with Gasteiger partial charge in [0.25, 0.3) is 0 Å². The van der Waals surface area contributed by atoms with Crippen molar-refractivity contribution in [2.24, 2.45) is 5.73 Å². The Bertz CT molecular complexity index is 1160. The molecule has 1 saturated heterocycles. The van der Waals surface area contributed by atoms with Gasteiger partial charge in [0, 0.05) is 56.3 Å². The van der Waals surface area contributed by atoms with Gasteiger partial charge in [0.2, 0.25) is 17.7 Å². The number of ketones is 1. The molecule has 1 atom stereocenters. The quantitative estimate of drug-likeness (QED) is 0.647. The van der Waals surface area contributed by atoms with Gasteiger partial charge in [-0.3, -0.25) is 19.4 Å². The maximum Gasteiger partial charge on any atom is 0.245 e. The van der Waals surface area contributed by atoms with E-state index in [1.807, 2.05) is 25.1 Å². The van der Waals surface area contributed by atoms with Gasteiger partial charge < -0.3 is 20.3 Å². The lowest BCUT2D eigenvalue weighted by Gasteiger charge is -2.32.